The van der Waals surface area contributed by atoms with E-state index in [9.17, 15) is 0 Å². The van der Waals surface area contributed by atoms with Gasteiger partial charge in [0.05, 0.1) is 19.9 Å². The summed E-state index contributed by atoms with van der Waals surface area (Å²) in [6, 6.07) is 7.63. The number of aromatic nitrogens is 2. The number of hydrogen-bond donors (Lipinski definition) is 0. The van der Waals surface area contributed by atoms with E-state index in [0.29, 0.717) is 0 Å². The molecule has 0 bridgehead atoms. The summed E-state index contributed by atoms with van der Waals surface area (Å²) in [6.07, 6.45) is 0. The van der Waals surface area contributed by atoms with Crippen LogP contribution in [0.25, 0.3) is 11.3 Å². The van der Waals surface area contributed by atoms with Crippen LogP contribution in [0.2, 0.25) is 0 Å². The number of ether oxygens (including phenoxy) is 2. The highest BCUT2D eigenvalue weighted by Gasteiger charge is 2.10. The van der Waals surface area contributed by atoms with E-state index in [2.05, 4.69) is 9.97 Å². The minimum absolute atomic E-state index is 0.742. The molecule has 0 spiro atoms. The molecule has 0 amide bonds. The fraction of sp³-hybridized carbons (Fsp3) is 0.286. The Hall–Kier alpha value is -2.10. The minimum Gasteiger partial charge on any atom is -0.497 e. The topological polar surface area (TPSA) is 44.2 Å². The Morgan fingerprint density at radius 3 is 2.33 bits per heavy atom. The van der Waals surface area contributed by atoms with Gasteiger partial charge in [-0.2, -0.15) is 0 Å². The monoisotopic (exact) mass is 244 g/mol. The first kappa shape index (κ1) is 12.4. The standard InChI is InChI=1S/C14H16N2O2/c1-9-7-13(16-10(2)15-9)12-6-5-11(17-3)8-14(12)18-4/h5-8H,1-4H3. The summed E-state index contributed by atoms with van der Waals surface area (Å²) in [5, 5.41) is 0. The first-order valence-electron chi connectivity index (χ1n) is 5.68. The Morgan fingerprint density at radius 1 is 0.944 bits per heavy atom. The van der Waals surface area contributed by atoms with Gasteiger partial charge >= 0.3 is 0 Å². The van der Waals surface area contributed by atoms with Crippen molar-refractivity contribution >= 4 is 0 Å². The maximum atomic E-state index is 5.38. The molecule has 0 aliphatic heterocycles. The fourth-order valence-corrected chi connectivity index (χ4v) is 1.87. The van der Waals surface area contributed by atoms with Gasteiger partial charge in [0.25, 0.3) is 0 Å². The van der Waals surface area contributed by atoms with Crippen LogP contribution in [-0.2, 0) is 0 Å². The third kappa shape index (κ3) is 2.42. The molecule has 94 valence electrons. The molecule has 0 atom stereocenters. The maximum absolute atomic E-state index is 5.38. The van der Waals surface area contributed by atoms with Gasteiger partial charge in [0.1, 0.15) is 17.3 Å². The second-order valence-corrected chi connectivity index (χ2v) is 4.01. The summed E-state index contributed by atoms with van der Waals surface area (Å²) >= 11 is 0. The van der Waals surface area contributed by atoms with Crippen molar-refractivity contribution in [2.45, 2.75) is 13.8 Å². The lowest BCUT2D eigenvalue weighted by Gasteiger charge is -2.10. The Labute approximate surface area is 107 Å². The van der Waals surface area contributed by atoms with Crippen molar-refractivity contribution < 1.29 is 9.47 Å². The number of benzene rings is 1. The molecule has 0 saturated carbocycles. The lowest BCUT2D eigenvalue weighted by Crippen LogP contribution is -1.96. The predicted molar refractivity (Wildman–Crippen MR) is 70.0 cm³/mol. The summed E-state index contributed by atoms with van der Waals surface area (Å²) < 4.78 is 10.6. The lowest BCUT2D eigenvalue weighted by molar-refractivity contribution is 0.395. The molecule has 4 nitrogen and oxygen atoms in total. The van der Waals surface area contributed by atoms with Gasteiger partial charge in [-0.25, -0.2) is 9.97 Å². The van der Waals surface area contributed by atoms with Gasteiger partial charge in [0.2, 0.25) is 0 Å². The third-order valence-electron chi connectivity index (χ3n) is 2.65. The van der Waals surface area contributed by atoms with Crippen LogP contribution in [-0.4, -0.2) is 24.2 Å². The molecule has 1 aromatic heterocycles. The minimum atomic E-state index is 0.742. The van der Waals surface area contributed by atoms with Crippen molar-refractivity contribution in [3.05, 3.63) is 35.8 Å². The summed E-state index contributed by atoms with van der Waals surface area (Å²) in [5.41, 5.74) is 2.74. The van der Waals surface area contributed by atoms with Gasteiger partial charge in [-0.3, -0.25) is 0 Å². The highest BCUT2D eigenvalue weighted by atomic mass is 16.5. The van der Waals surface area contributed by atoms with Gasteiger partial charge in [-0.15, -0.1) is 0 Å². The molecule has 0 saturated heterocycles. The average Bonchev–Trinajstić information content (AvgIpc) is 2.36. The molecule has 2 aromatic rings. The van der Waals surface area contributed by atoms with Crippen molar-refractivity contribution in [1.82, 2.24) is 9.97 Å². The van der Waals surface area contributed by atoms with E-state index in [4.69, 9.17) is 9.47 Å². The van der Waals surface area contributed by atoms with Gasteiger partial charge < -0.3 is 9.47 Å². The highest BCUT2D eigenvalue weighted by Crippen LogP contribution is 2.32. The van der Waals surface area contributed by atoms with Crippen LogP contribution in [0.4, 0.5) is 0 Å². The Kier molecular flexibility index (Phi) is 3.46. The molecule has 0 unspecified atom stereocenters. The number of rotatable bonds is 3. The number of hydrogen-bond acceptors (Lipinski definition) is 4. The zero-order chi connectivity index (χ0) is 13.1. The molecule has 4 heteroatoms. The summed E-state index contributed by atoms with van der Waals surface area (Å²) in [6.45, 7) is 3.83. The van der Waals surface area contributed by atoms with Crippen LogP contribution in [0.5, 0.6) is 11.5 Å². The van der Waals surface area contributed by atoms with Crippen LogP contribution >= 0.6 is 0 Å². The van der Waals surface area contributed by atoms with E-state index in [-0.39, 0.29) is 0 Å². The molecule has 1 aromatic carbocycles. The predicted octanol–water partition coefficient (Wildman–Crippen LogP) is 2.78. The molecule has 0 radical (unpaired) electrons. The largest absolute Gasteiger partial charge is 0.497 e. The molecule has 1 heterocycles. The first-order valence-corrected chi connectivity index (χ1v) is 5.68. The smallest absolute Gasteiger partial charge is 0.131 e. The van der Waals surface area contributed by atoms with Gasteiger partial charge in [0.15, 0.2) is 0 Å². The van der Waals surface area contributed by atoms with Crippen molar-refractivity contribution in [1.29, 1.82) is 0 Å². The molecular weight excluding hydrogens is 228 g/mol. The average molecular weight is 244 g/mol. The van der Waals surface area contributed by atoms with E-state index in [1.54, 1.807) is 14.2 Å². The van der Waals surface area contributed by atoms with Crippen molar-refractivity contribution in [3.63, 3.8) is 0 Å². The molecule has 18 heavy (non-hydrogen) atoms. The maximum Gasteiger partial charge on any atom is 0.131 e. The third-order valence-corrected chi connectivity index (χ3v) is 2.65. The van der Waals surface area contributed by atoms with Crippen molar-refractivity contribution in [3.8, 4) is 22.8 Å². The quantitative estimate of drug-likeness (QED) is 0.832. The Balaban J connectivity index is 2.55. The van der Waals surface area contributed by atoms with E-state index in [1.165, 1.54) is 0 Å². The van der Waals surface area contributed by atoms with Gasteiger partial charge in [0, 0.05) is 17.3 Å². The molecule has 0 N–H and O–H groups in total. The van der Waals surface area contributed by atoms with Crippen LogP contribution < -0.4 is 9.47 Å². The van der Waals surface area contributed by atoms with Crippen molar-refractivity contribution in [2.24, 2.45) is 0 Å². The van der Waals surface area contributed by atoms with Crippen LogP contribution in [0.3, 0.4) is 0 Å². The van der Waals surface area contributed by atoms with Crippen LogP contribution in [0.15, 0.2) is 24.3 Å². The SMILES string of the molecule is COc1ccc(-c2cc(C)nc(C)n2)c(OC)c1. The van der Waals surface area contributed by atoms with Gasteiger partial charge in [-0.1, -0.05) is 0 Å². The fourth-order valence-electron chi connectivity index (χ4n) is 1.87. The van der Waals surface area contributed by atoms with Crippen LogP contribution in [0, 0.1) is 13.8 Å². The summed E-state index contributed by atoms with van der Waals surface area (Å²) in [7, 11) is 3.27. The molecule has 0 aliphatic carbocycles. The second kappa shape index (κ2) is 5.04. The van der Waals surface area contributed by atoms with Gasteiger partial charge in [-0.05, 0) is 32.0 Å². The molecule has 2 rings (SSSR count). The number of nitrogens with zero attached hydrogens (tertiary/aromatic N) is 2. The van der Waals surface area contributed by atoms with E-state index < -0.39 is 0 Å². The number of aryl methyl sites for hydroxylation is 2. The van der Waals surface area contributed by atoms with E-state index in [1.807, 2.05) is 38.1 Å². The van der Waals surface area contributed by atoms with E-state index >= 15 is 0 Å². The molecule has 0 aliphatic rings. The molecular formula is C14H16N2O2. The second-order valence-electron chi connectivity index (χ2n) is 4.01. The zero-order valence-electron chi connectivity index (χ0n) is 11.0. The van der Waals surface area contributed by atoms with Crippen LogP contribution in [0.1, 0.15) is 11.5 Å². The zero-order valence-corrected chi connectivity index (χ0v) is 11.0. The normalized spacial score (nSPS) is 10.2. The summed E-state index contributed by atoms with van der Waals surface area (Å²) in [5.74, 6) is 2.26. The molecule has 0 fully saturated rings. The lowest BCUT2D eigenvalue weighted by atomic mass is 10.1. The summed E-state index contributed by atoms with van der Waals surface area (Å²) in [4.78, 5) is 8.71. The Bertz CT molecular complexity index is 547. The highest BCUT2D eigenvalue weighted by molar-refractivity contribution is 5.68. The number of methoxy groups -OCH3 is 2. The van der Waals surface area contributed by atoms with Crippen molar-refractivity contribution in [2.75, 3.05) is 14.2 Å². The Morgan fingerprint density at radius 2 is 1.72 bits per heavy atom. The first-order chi connectivity index (χ1) is 8.63. The van der Waals surface area contributed by atoms with E-state index in [0.717, 1.165) is 34.3 Å².